The number of halogens is 2. The third-order valence-corrected chi connectivity index (χ3v) is 2.84. The van der Waals surface area contributed by atoms with Crippen LogP contribution in [0.25, 0.3) is 0 Å². The van der Waals surface area contributed by atoms with Crippen molar-refractivity contribution in [3.63, 3.8) is 0 Å². The number of hydrogen-bond donors (Lipinski definition) is 2. The molecular weight excluding hydrogens is 281 g/mol. The lowest BCUT2D eigenvalue weighted by atomic mass is 10.2. The van der Waals surface area contributed by atoms with Gasteiger partial charge in [-0.25, -0.2) is 4.68 Å². The molecule has 0 aliphatic carbocycles. The van der Waals surface area contributed by atoms with Gasteiger partial charge in [-0.2, -0.15) is 0 Å². The van der Waals surface area contributed by atoms with Gasteiger partial charge in [0, 0.05) is 7.05 Å². The molecule has 9 heteroatoms. The van der Waals surface area contributed by atoms with E-state index in [-0.39, 0.29) is 27.3 Å². The van der Waals surface area contributed by atoms with Crippen molar-refractivity contribution < 1.29 is 9.90 Å². The van der Waals surface area contributed by atoms with Crippen LogP contribution in [-0.4, -0.2) is 31.2 Å². The predicted octanol–water partition coefficient (Wildman–Crippen LogP) is 1.47. The van der Waals surface area contributed by atoms with Gasteiger partial charge in [0.25, 0.3) is 5.91 Å². The second kappa shape index (κ2) is 4.79. The Morgan fingerprint density at radius 1 is 1.44 bits per heavy atom. The smallest absolute Gasteiger partial charge is 0.259 e. The highest BCUT2D eigenvalue weighted by Gasteiger charge is 2.17. The zero-order chi connectivity index (χ0) is 13.3. The van der Waals surface area contributed by atoms with Crippen LogP contribution in [0, 0.1) is 0 Å². The van der Waals surface area contributed by atoms with Crippen molar-refractivity contribution in [3.8, 4) is 5.75 Å². The number of nitrogens with one attached hydrogen (secondary N) is 1. The number of anilines is 1. The summed E-state index contributed by atoms with van der Waals surface area (Å²) in [6, 6.07) is 2.76. The zero-order valence-corrected chi connectivity index (χ0v) is 10.6. The van der Waals surface area contributed by atoms with Gasteiger partial charge in [-0.1, -0.05) is 28.3 Å². The highest BCUT2D eigenvalue weighted by Crippen LogP contribution is 2.34. The zero-order valence-electron chi connectivity index (χ0n) is 9.05. The molecule has 7 nitrogen and oxygen atoms in total. The number of carbonyl (C=O) groups excluding carboxylic acids is 1. The van der Waals surface area contributed by atoms with E-state index in [1.165, 1.54) is 16.8 Å². The molecule has 2 aromatic rings. The minimum atomic E-state index is -0.551. The highest BCUT2D eigenvalue weighted by atomic mass is 35.5. The number of carbonyl (C=O) groups is 1. The van der Waals surface area contributed by atoms with E-state index in [1.54, 1.807) is 7.05 Å². The Kier molecular flexibility index (Phi) is 3.35. The summed E-state index contributed by atoms with van der Waals surface area (Å²) in [6.45, 7) is 0. The molecule has 0 aliphatic heterocycles. The molecule has 1 heterocycles. The van der Waals surface area contributed by atoms with E-state index in [9.17, 15) is 9.90 Å². The molecule has 1 aromatic carbocycles. The fraction of sp³-hybridized carbons (Fsp3) is 0.111. The normalized spacial score (nSPS) is 10.4. The van der Waals surface area contributed by atoms with E-state index in [0.29, 0.717) is 0 Å². The van der Waals surface area contributed by atoms with Crippen LogP contribution in [0.2, 0.25) is 10.0 Å². The van der Waals surface area contributed by atoms with Gasteiger partial charge in [-0.15, -0.1) is 0 Å². The van der Waals surface area contributed by atoms with Gasteiger partial charge in [0.1, 0.15) is 0 Å². The molecule has 0 spiro atoms. The van der Waals surface area contributed by atoms with Gasteiger partial charge in [0.05, 0.1) is 15.6 Å². The van der Waals surface area contributed by atoms with Crippen LogP contribution in [0.3, 0.4) is 0 Å². The lowest BCUT2D eigenvalue weighted by molar-refractivity contribution is 0.102. The number of aromatic nitrogens is 4. The lowest BCUT2D eigenvalue weighted by Gasteiger charge is -2.07. The Morgan fingerprint density at radius 3 is 2.78 bits per heavy atom. The predicted molar refractivity (Wildman–Crippen MR) is 64.9 cm³/mol. The third kappa shape index (κ3) is 2.22. The van der Waals surface area contributed by atoms with E-state index in [0.717, 1.165) is 0 Å². The maximum Gasteiger partial charge on any atom is 0.259 e. The molecule has 0 unspecified atom stereocenters. The van der Waals surface area contributed by atoms with Gasteiger partial charge in [-0.3, -0.25) is 10.1 Å². The second-order valence-electron chi connectivity index (χ2n) is 3.34. The van der Waals surface area contributed by atoms with Gasteiger partial charge in [-0.05, 0) is 22.6 Å². The second-order valence-corrected chi connectivity index (χ2v) is 4.12. The Morgan fingerprint density at radius 2 is 2.17 bits per heavy atom. The van der Waals surface area contributed by atoms with Crippen LogP contribution in [0.1, 0.15) is 10.4 Å². The summed E-state index contributed by atoms with van der Waals surface area (Å²) in [5, 5.41) is 22.4. The molecule has 94 valence electrons. The third-order valence-electron chi connectivity index (χ3n) is 2.16. The first-order valence-electron chi connectivity index (χ1n) is 4.71. The number of phenolic OH excluding ortho intramolecular Hbond substituents is 1. The Balaban J connectivity index is 2.30. The molecule has 1 aromatic heterocycles. The lowest BCUT2D eigenvalue weighted by Crippen LogP contribution is -2.15. The van der Waals surface area contributed by atoms with Crippen LogP contribution in [-0.2, 0) is 7.05 Å². The summed E-state index contributed by atoms with van der Waals surface area (Å²) in [5.41, 5.74) is 0.0709. The largest absolute Gasteiger partial charge is 0.505 e. The van der Waals surface area contributed by atoms with Crippen molar-refractivity contribution in [1.29, 1.82) is 0 Å². The SMILES string of the molecule is Cn1nnnc1NC(=O)c1ccc(Cl)c(O)c1Cl. The van der Waals surface area contributed by atoms with Crippen molar-refractivity contribution in [1.82, 2.24) is 20.2 Å². The first kappa shape index (κ1) is 12.6. The van der Waals surface area contributed by atoms with Crippen molar-refractivity contribution in [2.75, 3.05) is 5.32 Å². The van der Waals surface area contributed by atoms with Crippen LogP contribution >= 0.6 is 23.2 Å². The number of amides is 1. The molecular formula is C9H7Cl2N5O2. The summed E-state index contributed by atoms with van der Waals surface area (Å²) in [7, 11) is 1.57. The minimum Gasteiger partial charge on any atom is -0.505 e. The van der Waals surface area contributed by atoms with Crippen LogP contribution < -0.4 is 5.32 Å². The molecule has 0 saturated carbocycles. The standard InChI is InChI=1S/C9H7Cl2N5O2/c1-16-9(13-14-15-16)12-8(18)4-2-3-5(10)7(17)6(4)11/h2-3,17H,1H3,(H,12,13,15,18). The van der Waals surface area contributed by atoms with Gasteiger partial charge < -0.3 is 5.11 Å². The average molecular weight is 288 g/mol. The van der Waals surface area contributed by atoms with E-state index in [1.807, 2.05) is 0 Å². The number of nitrogens with zero attached hydrogens (tertiary/aromatic N) is 4. The first-order valence-corrected chi connectivity index (χ1v) is 5.47. The summed E-state index contributed by atoms with van der Waals surface area (Å²) in [5.74, 6) is -0.738. The van der Waals surface area contributed by atoms with Gasteiger partial charge in [0.15, 0.2) is 5.75 Å². The van der Waals surface area contributed by atoms with Crippen LogP contribution in [0.15, 0.2) is 12.1 Å². The average Bonchev–Trinajstić information content (AvgIpc) is 2.72. The van der Waals surface area contributed by atoms with E-state index in [2.05, 4.69) is 20.8 Å². The molecule has 1 amide bonds. The molecule has 0 aliphatic rings. The molecule has 2 N–H and O–H groups in total. The van der Waals surface area contributed by atoms with Crippen molar-refractivity contribution in [2.24, 2.45) is 7.05 Å². The van der Waals surface area contributed by atoms with Crippen molar-refractivity contribution in [3.05, 3.63) is 27.7 Å². The van der Waals surface area contributed by atoms with Crippen LogP contribution in [0.4, 0.5) is 5.95 Å². The Hall–Kier alpha value is -1.86. The van der Waals surface area contributed by atoms with Crippen LogP contribution in [0.5, 0.6) is 5.75 Å². The number of benzene rings is 1. The summed E-state index contributed by atoms with van der Waals surface area (Å²) < 4.78 is 1.28. The topological polar surface area (TPSA) is 92.9 Å². The quantitative estimate of drug-likeness (QED) is 0.873. The maximum atomic E-state index is 11.9. The van der Waals surface area contributed by atoms with Crippen molar-refractivity contribution >= 4 is 35.1 Å². The van der Waals surface area contributed by atoms with Gasteiger partial charge in [0.2, 0.25) is 5.95 Å². The Labute approximate surface area is 111 Å². The van der Waals surface area contributed by atoms with E-state index >= 15 is 0 Å². The number of rotatable bonds is 2. The fourth-order valence-corrected chi connectivity index (χ4v) is 1.68. The molecule has 0 atom stereocenters. The minimum absolute atomic E-state index is 0.0666. The van der Waals surface area contributed by atoms with Crippen molar-refractivity contribution in [2.45, 2.75) is 0 Å². The number of aryl methyl sites for hydroxylation is 1. The summed E-state index contributed by atoms with van der Waals surface area (Å²) >= 11 is 11.5. The molecule has 0 radical (unpaired) electrons. The Bertz CT molecular complexity index is 613. The maximum absolute atomic E-state index is 11.9. The fourth-order valence-electron chi connectivity index (χ4n) is 1.22. The summed E-state index contributed by atoms with van der Waals surface area (Å²) in [4.78, 5) is 11.9. The first-order chi connectivity index (χ1) is 8.50. The van der Waals surface area contributed by atoms with Gasteiger partial charge >= 0.3 is 0 Å². The highest BCUT2D eigenvalue weighted by molar-refractivity contribution is 6.39. The molecule has 0 fully saturated rings. The molecule has 0 saturated heterocycles. The molecule has 18 heavy (non-hydrogen) atoms. The molecule has 0 bridgehead atoms. The number of aromatic hydroxyl groups is 1. The number of hydrogen-bond acceptors (Lipinski definition) is 5. The monoisotopic (exact) mass is 287 g/mol. The summed E-state index contributed by atoms with van der Waals surface area (Å²) in [6.07, 6.45) is 0. The number of tetrazole rings is 1. The number of phenols is 1. The van der Waals surface area contributed by atoms with E-state index < -0.39 is 5.91 Å². The van der Waals surface area contributed by atoms with E-state index in [4.69, 9.17) is 23.2 Å². The molecule has 2 rings (SSSR count).